The molecule has 1 aliphatic heterocycles. The van der Waals surface area contributed by atoms with Gasteiger partial charge in [-0.25, -0.2) is 4.79 Å². The zero-order chi connectivity index (χ0) is 29.8. The summed E-state index contributed by atoms with van der Waals surface area (Å²) in [5.74, 6) is -1.86. The SMILES string of the molecule is COC(=O)N[C@H](C(=O)N1CCC[C@H]1C(=O)NC(C(=O)c1nnc(C(C)(C)c2ccc(C)cn2)o1)C(C)C)C(C)C. The number of hydrogen-bond donors (Lipinski definition) is 2. The number of amides is 3. The zero-order valence-electron chi connectivity index (χ0n) is 24.5. The number of aryl methyl sites for hydroxylation is 1. The Morgan fingerprint density at radius 1 is 1.05 bits per heavy atom. The van der Waals surface area contributed by atoms with Crippen molar-refractivity contribution < 1.29 is 28.3 Å². The van der Waals surface area contributed by atoms with E-state index in [9.17, 15) is 19.2 Å². The third kappa shape index (κ3) is 6.65. The van der Waals surface area contributed by atoms with Crippen molar-refractivity contribution in [3.05, 3.63) is 41.4 Å². The summed E-state index contributed by atoms with van der Waals surface area (Å²) < 4.78 is 10.5. The minimum Gasteiger partial charge on any atom is -0.453 e. The number of nitrogens with zero attached hydrogens (tertiary/aromatic N) is 4. The zero-order valence-corrected chi connectivity index (χ0v) is 24.5. The molecule has 12 heteroatoms. The Morgan fingerprint density at radius 2 is 1.73 bits per heavy atom. The summed E-state index contributed by atoms with van der Waals surface area (Å²) in [5.41, 5.74) is 0.978. The molecule has 1 unspecified atom stereocenters. The Balaban J connectivity index is 1.77. The van der Waals surface area contributed by atoms with Crippen LogP contribution in [0.5, 0.6) is 0 Å². The summed E-state index contributed by atoms with van der Waals surface area (Å²) in [6.07, 6.45) is 2.07. The molecule has 0 aliphatic carbocycles. The topological polar surface area (TPSA) is 157 Å². The fraction of sp³-hybridized carbons (Fsp3) is 0.607. The van der Waals surface area contributed by atoms with Crippen molar-refractivity contribution >= 4 is 23.7 Å². The van der Waals surface area contributed by atoms with Gasteiger partial charge in [0.15, 0.2) is 0 Å². The van der Waals surface area contributed by atoms with E-state index in [2.05, 4.69) is 30.6 Å². The molecule has 2 aromatic heterocycles. The summed E-state index contributed by atoms with van der Waals surface area (Å²) in [4.78, 5) is 57.9. The molecule has 1 saturated heterocycles. The monoisotopic (exact) mass is 556 g/mol. The molecule has 2 N–H and O–H groups in total. The fourth-order valence-electron chi connectivity index (χ4n) is 4.62. The lowest BCUT2D eigenvalue weighted by molar-refractivity contribution is -0.141. The Morgan fingerprint density at radius 3 is 2.30 bits per heavy atom. The minimum absolute atomic E-state index is 0.212. The van der Waals surface area contributed by atoms with Gasteiger partial charge in [-0.15, -0.1) is 10.2 Å². The lowest BCUT2D eigenvalue weighted by atomic mass is 9.88. The van der Waals surface area contributed by atoms with Crippen LogP contribution in [-0.2, 0) is 19.7 Å². The van der Waals surface area contributed by atoms with Gasteiger partial charge in [0.05, 0.1) is 24.3 Å². The van der Waals surface area contributed by atoms with Gasteiger partial charge < -0.3 is 24.7 Å². The van der Waals surface area contributed by atoms with Crippen LogP contribution in [0.4, 0.5) is 4.79 Å². The first-order valence-corrected chi connectivity index (χ1v) is 13.5. The molecule has 3 rings (SSSR count). The number of methoxy groups -OCH3 is 1. The van der Waals surface area contributed by atoms with Gasteiger partial charge in [0.1, 0.15) is 12.1 Å². The molecule has 0 aromatic carbocycles. The maximum absolute atomic E-state index is 13.5. The van der Waals surface area contributed by atoms with E-state index in [-0.39, 0.29) is 29.5 Å². The lowest BCUT2D eigenvalue weighted by Gasteiger charge is -2.31. The number of aromatic nitrogens is 3. The third-order valence-corrected chi connectivity index (χ3v) is 7.20. The van der Waals surface area contributed by atoms with Crippen molar-refractivity contribution in [1.29, 1.82) is 0 Å². The molecule has 40 heavy (non-hydrogen) atoms. The number of ether oxygens (including phenoxy) is 1. The highest BCUT2D eigenvalue weighted by Crippen LogP contribution is 2.29. The fourth-order valence-corrected chi connectivity index (χ4v) is 4.62. The molecule has 3 atom stereocenters. The maximum atomic E-state index is 13.5. The first-order valence-electron chi connectivity index (χ1n) is 13.5. The average Bonchev–Trinajstić information content (AvgIpc) is 3.60. The van der Waals surface area contributed by atoms with Crippen LogP contribution >= 0.6 is 0 Å². The van der Waals surface area contributed by atoms with Crippen molar-refractivity contribution in [3.63, 3.8) is 0 Å². The number of Topliss-reactive ketones (excluding diaryl/α,β-unsaturated/α-hetero) is 1. The molecule has 0 spiro atoms. The van der Waals surface area contributed by atoms with E-state index in [4.69, 9.17) is 4.42 Å². The number of carbonyl (C=O) groups is 4. The van der Waals surface area contributed by atoms with Crippen molar-refractivity contribution in [2.24, 2.45) is 11.8 Å². The van der Waals surface area contributed by atoms with Crippen LogP contribution in [0.25, 0.3) is 0 Å². The Labute approximate surface area is 234 Å². The number of ketones is 1. The van der Waals surface area contributed by atoms with E-state index < -0.39 is 41.3 Å². The quantitative estimate of drug-likeness (QED) is 0.420. The Hall–Kier alpha value is -3.83. The lowest BCUT2D eigenvalue weighted by Crippen LogP contribution is -2.57. The Bertz CT molecular complexity index is 1220. The summed E-state index contributed by atoms with van der Waals surface area (Å²) >= 11 is 0. The van der Waals surface area contributed by atoms with E-state index >= 15 is 0 Å². The van der Waals surface area contributed by atoms with Gasteiger partial charge in [0.25, 0.3) is 5.89 Å². The summed E-state index contributed by atoms with van der Waals surface area (Å²) in [5, 5.41) is 13.5. The Kier molecular flexibility index (Phi) is 9.65. The summed E-state index contributed by atoms with van der Waals surface area (Å²) in [7, 11) is 1.22. The molecular formula is C28H40N6O6. The molecular weight excluding hydrogens is 516 g/mol. The molecule has 0 bridgehead atoms. The molecule has 0 radical (unpaired) electrons. The van der Waals surface area contributed by atoms with E-state index in [1.807, 2.05) is 32.9 Å². The van der Waals surface area contributed by atoms with Gasteiger partial charge in [-0.1, -0.05) is 33.8 Å². The van der Waals surface area contributed by atoms with Crippen LogP contribution in [0.3, 0.4) is 0 Å². The van der Waals surface area contributed by atoms with Crippen LogP contribution in [0, 0.1) is 18.8 Å². The smallest absolute Gasteiger partial charge is 0.407 e. The highest BCUT2D eigenvalue weighted by atomic mass is 16.5. The predicted molar refractivity (Wildman–Crippen MR) is 145 cm³/mol. The molecule has 1 fully saturated rings. The number of rotatable bonds is 10. The van der Waals surface area contributed by atoms with Crippen molar-refractivity contribution in [1.82, 2.24) is 30.7 Å². The molecule has 1 aliphatic rings. The van der Waals surface area contributed by atoms with Crippen LogP contribution in [0.2, 0.25) is 0 Å². The minimum atomic E-state index is -0.951. The number of hydrogen-bond acceptors (Lipinski definition) is 9. The van der Waals surface area contributed by atoms with Gasteiger partial charge in [-0.3, -0.25) is 19.4 Å². The van der Waals surface area contributed by atoms with Crippen LogP contribution in [-0.4, -0.2) is 75.6 Å². The number of nitrogens with one attached hydrogen (secondary N) is 2. The second-order valence-corrected chi connectivity index (χ2v) is 11.4. The number of likely N-dealkylation sites (tertiary alicyclic amines) is 1. The van der Waals surface area contributed by atoms with Gasteiger partial charge in [0.2, 0.25) is 23.5 Å². The van der Waals surface area contributed by atoms with Crippen molar-refractivity contribution in [2.45, 2.75) is 84.8 Å². The average molecular weight is 557 g/mol. The highest BCUT2D eigenvalue weighted by molar-refractivity contribution is 6.00. The molecule has 3 heterocycles. The maximum Gasteiger partial charge on any atom is 0.407 e. The van der Waals surface area contributed by atoms with E-state index in [1.54, 1.807) is 33.9 Å². The molecule has 12 nitrogen and oxygen atoms in total. The molecule has 2 aromatic rings. The number of carbonyl (C=O) groups excluding carboxylic acids is 4. The van der Waals surface area contributed by atoms with Gasteiger partial charge in [-0.2, -0.15) is 0 Å². The number of alkyl carbamates (subject to hydrolysis) is 1. The first-order chi connectivity index (χ1) is 18.8. The largest absolute Gasteiger partial charge is 0.453 e. The van der Waals surface area contributed by atoms with Gasteiger partial charge in [-0.05, 0) is 57.1 Å². The standard InChI is InChI=1S/C28H40N6O6/c1-15(2)20(22(35)24-32-33-26(40-24)28(6,7)19-12-11-17(5)14-29-19)30-23(36)18-10-9-13-34(18)25(37)21(16(3)4)31-27(38)39-8/h11-12,14-16,18,20-21H,9-10,13H2,1-8H3,(H,30,36)(H,31,38)/t18-,20?,21-/m0/s1. The van der Waals surface area contributed by atoms with Crippen LogP contribution in [0.15, 0.2) is 22.7 Å². The highest BCUT2D eigenvalue weighted by Gasteiger charge is 2.41. The predicted octanol–water partition coefficient (Wildman–Crippen LogP) is 2.79. The van der Waals surface area contributed by atoms with Crippen molar-refractivity contribution in [3.8, 4) is 0 Å². The second kappa shape index (κ2) is 12.6. The molecule has 0 saturated carbocycles. The summed E-state index contributed by atoms with van der Waals surface area (Å²) in [6, 6.07) is 1.21. The summed E-state index contributed by atoms with van der Waals surface area (Å²) in [6.45, 7) is 13.2. The van der Waals surface area contributed by atoms with E-state index in [0.29, 0.717) is 25.1 Å². The van der Waals surface area contributed by atoms with Crippen LogP contribution < -0.4 is 10.6 Å². The number of pyridine rings is 1. The van der Waals surface area contributed by atoms with E-state index in [1.165, 1.54) is 12.0 Å². The van der Waals surface area contributed by atoms with E-state index in [0.717, 1.165) is 5.56 Å². The second-order valence-electron chi connectivity index (χ2n) is 11.4. The third-order valence-electron chi connectivity index (χ3n) is 7.20. The molecule has 3 amide bonds. The van der Waals surface area contributed by atoms with Crippen molar-refractivity contribution in [2.75, 3.05) is 13.7 Å². The van der Waals surface area contributed by atoms with Crippen LogP contribution in [0.1, 0.15) is 82.2 Å². The first kappa shape index (κ1) is 30.7. The molecule has 218 valence electrons. The van der Waals surface area contributed by atoms with Gasteiger partial charge in [0, 0.05) is 12.7 Å². The normalized spacial score (nSPS) is 17.1. The van der Waals surface area contributed by atoms with Gasteiger partial charge >= 0.3 is 6.09 Å².